The molecule has 1 unspecified atom stereocenters. The fourth-order valence-electron chi connectivity index (χ4n) is 1.37. The number of benzene rings is 1. The number of rotatable bonds is 5. The smallest absolute Gasteiger partial charge is 0.242 e. The molecule has 0 heterocycles. The summed E-state index contributed by atoms with van der Waals surface area (Å²) in [6.45, 7) is 1.56. The standard InChI is InChI=1S/C11H14N2O3S/c1-9(6-7-14)13-17(15,16)11-5-3-2-4-10(11)8-12/h2-5,9,13-14H,6-7H2,1H3. The van der Waals surface area contributed by atoms with Gasteiger partial charge >= 0.3 is 0 Å². The Labute approximate surface area is 101 Å². The van der Waals surface area contributed by atoms with E-state index in [1.54, 1.807) is 19.1 Å². The molecule has 92 valence electrons. The molecule has 1 atom stereocenters. The molecule has 5 nitrogen and oxygen atoms in total. The summed E-state index contributed by atoms with van der Waals surface area (Å²) in [5, 5.41) is 17.6. The van der Waals surface area contributed by atoms with Crippen molar-refractivity contribution in [3.8, 4) is 6.07 Å². The monoisotopic (exact) mass is 254 g/mol. The summed E-state index contributed by atoms with van der Waals surface area (Å²) < 4.78 is 26.3. The zero-order chi connectivity index (χ0) is 12.9. The summed E-state index contributed by atoms with van der Waals surface area (Å²) in [7, 11) is -3.71. The minimum atomic E-state index is -3.71. The highest BCUT2D eigenvalue weighted by Gasteiger charge is 2.20. The first-order chi connectivity index (χ1) is 8.01. The lowest BCUT2D eigenvalue weighted by molar-refractivity contribution is 0.275. The molecule has 1 rings (SSSR count). The predicted octanol–water partition coefficient (Wildman–Crippen LogP) is 0.607. The molecule has 17 heavy (non-hydrogen) atoms. The van der Waals surface area contributed by atoms with Gasteiger partial charge in [-0.3, -0.25) is 0 Å². The molecule has 0 saturated carbocycles. The van der Waals surface area contributed by atoms with Crippen molar-refractivity contribution >= 4 is 10.0 Å². The lowest BCUT2D eigenvalue weighted by Gasteiger charge is -2.13. The molecule has 0 aliphatic rings. The number of nitrogens with one attached hydrogen (secondary N) is 1. The van der Waals surface area contributed by atoms with Crippen molar-refractivity contribution in [3.63, 3.8) is 0 Å². The van der Waals surface area contributed by atoms with Crippen LogP contribution in [0.3, 0.4) is 0 Å². The number of aliphatic hydroxyl groups is 1. The molecule has 2 N–H and O–H groups in total. The third-order valence-electron chi connectivity index (χ3n) is 2.22. The van der Waals surface area contributed by atoms with E-state index in [1.807, 2.05) is 6.07 Å². The fraction of sp³-hybridized carbons (Fsp3) is 0.364. The van der Waals surface area contributed by atoms with Crippen LogP contribution < -0.4 is 4.72 Å². The van der Waals surface area contributed by atoms with Gasteiger partial charge < -0.3 is 5.11 Å². The van der Waals surface area contributed by atoms with Crippen molar-refractivity contribution in [3.05, 3.63) is 29.8 Å². The predicted molar refractivity (Wildman–Crippen MR) is 62.6 cm³/mol. The highest BCUT2D eigenvalue weighted by atomic mass is 32.2. The molecule has 0 aliphatic carbocycles. The van der Waals surface area contributed by atoms with Crippen LogP contribution in [-0.4, -0.2) is 26.2 Å². The Hall–Kier alpha value is -1.42. The van der Waals surface area contributed by atoms with Crippen molar-refractivity contribution in [2.45, 2.75) is 24.3 Å². The van der Waals surface area contributed by atoms with Crippen molar-refractivity contribution in [1.29, 1.82) is 5.26 Å². The number of hydrogen-bond donors (Lipinski definition) is 2. The second-order valence-corrected chi connectivity index (χ2v) is 5.32. The van der Waals surface area contributed by atoms with Gasteiger partial charge in [0, 0.05) is 12.6 Å². The first-order valence-electron chi connectivity index (χ1n) is 5.13. The number of aliphatic hydroxyl groups excluding tert-OH is 1. The molecular formula is C11H14N2O3S. The normalized spacial score (nSPS) is 13.0. The maximum absolute atomic E-state index is 12.0. The second kappa shape index (κ2) is 5.77. The van der Waals surface area contributed by atoms with Crippen LogP contribution in [0.2, 0.25) is 0 Å². The lowest BCUT2D eigenvalue weighted by atomic mass is 10.2. The minimum Gasteiger partial charge on any atom is -0.396 e. The second-order valence-electron chi connectivity index (χ2n) is 3.64. The Morgan fingerprint density at radius 1 is 1.47 bits per heavy atom. The minimum absolute atomic E-state index is 0.0349. The third-order valence-corrected chi connectivity index (χ3v) is 3.86. The number of nitriles is 1. The molecular weight excluding hydrogens is 240 g/mol. The number of hydrogen-bond acceptors (Lipinski definition) is 4. The van der Waals surface area contributed by atoms with Crippen LogP contribution in [0, 0.1) is 11.3 Å². The fourth-order valence-corrected chi connectivity index (χ4v) is 2.81. The topological polar surface area (TPSA) is 90.2 Å². The van der Waals surface area contributed by atoms with E-state index >= 15 is 0 Å². The summed E-state index contributed by atoms with van der Waals surface area (Å²) in [5.41, 5.74) is 0.108. The number of nitrogens with zero attached hydrogens (tertiary/aromatic N) is 1. The van der Waals surface area contributed by atoms with E-state index in [2.05, 4.69) is 4.72 Å². The molecule has 0 aromatic heterocycles. The first-order valence-corrected chi connectivity index (χ1v) is 6.62. The van der Waals surface area contributed by atoms with E-state index < -0.39 is 10.0 Å². The largest absolute Gasteiger partial charge is 0.396 e. The zero-order valence-corrected chi connectivity index (χ0v) is 10.2. The van der Waals surface area contributed by atoms with Gasteiger partial charge in [0.15, 0.2) is 0 Å². The average Bonchev–Trinajstić information content (AvgIpc) is 2.28. The van der Waals surface area contributed by atoms with Crippen LogP contribution in [0.4, 0.5) is 0 Å². The molecule has 1 aromatic rings. The van der Waals surface area contributed by atoms with Crippen LogP contribution in [0.5, 0.6) is 0 Å². The van der Waals surface area contributed by atoms with E-state index in [4.69, 9.17) is 10.4 Å². The van der Waals surface area contributed by atoms with Crippen molar-refractivity contribution in [2.24, 2.45) is 0 Å². The van der Waals surface area contributed by atoms with E-state index in [-0.39, 0.29) is 23.1 Å². The summed E-state index contributed by atoms with van der Waals surface area (Å²) in [6.07, 6.45) is 0.327. The quantitative estimate of drug-likeness (QED) is 0.805. The highest BCUT2D eigenvalue weighted by Crippen LogP contribution is 2.14. The van der Waals surface area contributed by atoms with Crippen LogP contribution in [0.25, 0.3) is 0 Å². The first kappa shape index (κ1) is 13.6. The van der Waals surface area contributed by atoms with Crippen LogP contribution in [-0.2, 0) is 10.0 Å². The van der Waals surface area contributed by atoms with Gasteiger partial charge in [-0.05, 0) is 25.5 Å². The van der Waals surface area contributed by atoms with E-state index in [1.165, 1.54) is 12.1 Å². The van der Waals surface area contributed by atoms with Crippen LogP contribution >= 0.6 is 0 Å². The molecule has 0 fully saturated rings. The molecule has 0 bridgehead atoms. The molecule has 0 amide bonds. The summed E-state index contributed by atoms with van der Waals surface area (Å²) >= 11 is 0. The van der Waals surface area contributed by atoms with E-state index in [9.17, 15) is 8.42 Å². The molecule has 6 heteroatoms. The average molecular weight is 254 g/mol. The Balaban J connectivity index is 3.02. The highest BCUT2D eigenvalue weighted by molar-refractivity contribution is 7.89. The van der Waals surface area contributed by atoms with Crippen molar-refractivity contribution < 1.29 is 13.5 Å². The molecule has 0 radical (unpaired) electrons. The van der Waals surface area contributed by atoms with Crippen molar-refractivity contribution in [1.82, 2.24) is 4.72 Å². The molecule has 0 aliphatic heterocycles. The Morgan fingerprint density at radius 2 is 2.12 bits per heavy atom. The Bertz CT molecular complexity index is 520. The van der Waals surface area contributed by atoms with Gasteiger partial charge in [0.25, 0.3) is 0 Å². The molecule has 1 aromatic carbocycles. The van der Waals surface area contributed by atoms with Gasteiger partial charge in [0.05, 0.1) is 10.5 Å². The van der Waals surface area contributed by atoms with Gasteiger partial charge in [0.1, 0.15) is 6.07 Å². The van der Waals surface area contributed by atoms with Crippen LogP contribution in [0.15, 0.2) is 29.2 Å². The van der Waals surface area contributed by atoms with Gasteiger partial charge in [-0.2, -0.15) is 5.26 Å². The van der Waals surface area contributed by atoms with Gasteiger partial charge in [0.2, 0.25) is 10.0 Å². The van der Waals surface area contributed by atoms with Crippen molar-refractivity contribution in [2.75, 3.05) is 6.61 Å². The molecule has 0 saturated heterocycles. The van der Waals surface area contributed by atoms with Gasteiger partial charge in [-0.1, -0.05) is 12.1 Å². The lowest BCUT2D eigenvalue weighted by Crippen LogP contribution is -2.33. The summed E-state index contributed by atoms with van der Waals surface area (Å²) in [6, 6.07) is 7.46. The Kier molecular flexibility index (Phi) is 4.63. The summed E-state index contributed by atoms with van der Waals surface area (Å²) in [4.78, 5) is -0.0349. The van der Waals surface area contributed by atoms with Gasteiger partial charge in [-0.25, -0.2) is 13.1 Å². The van der Waals surface area contributed by atoms with E-state index in [0.717, 1.165) is 0 Å². The number of sulfonamides is 1. The SMILES string of the molecule is CC(CCO)NS(=O)(=O)c1ccccc1C#N. The summed E-state index contributed by atoms with van der Waals surface area (Å²) in [5.74, 6) is 0. The van der Waals surface area contributed by atoms with E-state index in [0.29, 0.717) is 6.42 Å². The van der Waals surface area contributed by atoms with Crippen LogP contribution in [0.1, 0.15) is 18.9 Å². The maximum Gasteiger partial charge on any atom is 0.242 e. The van der Waals surface area contributed by atoms with Gasteiger partial charge in [-0.15, -0.1) is 0 Å². The third kappa shape index (κ3) is 3.53. The molecule has 0 spiro atoms. The Morgan fingerprint density at radius 3 is 2.71 bits per heavy atom. The maximum atomic E-state index is 12.0. The zero-order valence-electron chi connectivity index (χ0n) is 9.42.